The number of ether oxygens (including phenoxy) is 1. The molecule has 2 aromatic rings. The monoisotopic (exact) mass is 384 g/mol. The van der Waals surface area contributed by atoms with Crippen LogP contribution in [0.2, 0.25) is 0 Å². The number of phenols is 1. The molecule has 0 amide bonds. The van der Waals surface area contributed by atoms with E-state index in [4.69, 9.17) is 4.74 Å². The van der Waals surface area contributed by atoms with Crippen LogP contribution in [0, 0.1) is 0 Å². The van der Waals surface area contributed by atoms with E-state index in [0.717, 1.165) is 13.0 Å². The van der Waals surface area contributed by atoms with Crippen molar-refractivity contribution >= 4 is 0 Å². The van der Waals surface area contributed by atoms with Gasteiger partial charge in [0.05, 0.1) is 12.8 Å². The van der Waals surface area contributed by atoms with Gasteiger partial charge in [-0.05, 0) is 75.9 Å². The van der Waals surface area contributed by atoms with E-state index in [-0.39, 0.29) is 5.75 Å². The van der Waals surface area contributed by atoms with E-state index in [1.165, 1.54) is 26.4 Å². The maximum Gasteiger partial charge on any atom is 0.160 e. The van der Waals surface area contributed by atoms with E-state index in [1.807, 2.05) is 18.2 Å². The number of methoxy groups -OCH3 is 1. The number of phenolic OH excluding ortho intramolecular Hbond substituents is 1. The maximum absolute atomic E-state index is 11.7. The molecule has 2 heterocycles. The highest BCUT2D eigenvalue weighted by atomic mass is 16.5. The fourth-order valence-electron chi connectivity index (χ4n) is 4.40. The van der Waals surface area contributed by atoms with Gasteiger partial charge in [0, 0.05) is 18.3 Å². The number of hydrogen-bond acceptors (Lipinski definition) is 5. The van der Waals surface area contributed by atoms with Gasteiger partial charge in [0.2, 0.25) is 0 Å². The third-order valence-corrected chi connectivity index (χ3v) is 6.08. The zero-order valence-electron chi connectivity index (χ0n) is 17.1. The summed E-state index contributed by atoms with van der Waals surface area (Å²) >= 11 is 0. The number of likely N-dealkylation sites (tertiary alicyclic amines) is 1. The van der Waals surface area contributed by atoms with Gasteiger partial charge in [-0.2, -0.15) is 0 Å². The van der Waals surface area contributed by atoms with E-state index in [0.29, 0.717) is 35.5 Å². The zero-order chi connectivity index (χ0) is 20.1. The highest BCUT2D eigenvalue weighted by molar-refractivity contribution is 5.45. The molecule has 1 saturated heterocycles. The van der Waals surface area contributed by atoms with Crippen LogP contribution in [-0.4, -0.2) is 45.8 Å². The summed E-state index contributed by atoms with van der Waals surface area (Å²) in [5.74, 6) is 0.413. The average molecular weight is 385 g/mol. The molecule has 0 bridgehead atoms. The van der Waals surface area contributed by atoms with Crippen LogP contribution in [0.15, 0.2) is 42.6 Å². The lowest BCUT2D eigenvalue weighted by Gasteiger charge is -2.39. The summed E-state index contributed by atoms with van der Waals surface area (Å²) in [6.45, 7) is 5.55. The number of pyridine rings is 1. The minimum atomic E-state index is -1.23. The van der Waals surface area contributed by atoms with Crippen molar-refractivity contribution in [2.75, 3.05) is 13.7 Å². The molecule has 1 aliphatic rings. The summed E-state index contributed by atoms with van der Waals surface area (Å²) in [4.78, 5) is 6.99. The smallest absolute Gasteiger partial charge is 0.160 e. The summed E-state index contributed by atoms with van der Waals surface area (Å²) in [7, 11) is 1.51. The number of piperidine rings is 1. The molecule has 3 atom stereocenters. The van der Waals surface area contributed by atoms with E-state index in [1.54, 1.807) is 24.4 Å². The lowest BCUT2D eigenvalue weighted by molar-refractivity contribution is 0.0487. The predicted molar refractivity (Wildman–Crippen MR) is 111 cm³/mol. The van der Waals surface area contributed by atoms with Crippen LogP contribution in [-0.2, 0) is 5.60 Å². The predicted octanol–water partition coefficient (Wildman–Crippen LogP) is 4.07. The Kier molecular flexibility index (Phi) is 6.57. The van der Waals surface area contributed by atoms with Crippen LogP contribution in [0.3, 0.4) is 0 Å². The van der Waals surface area contributed by atoms with Gasteiger partial charge >= 0.3 is 0 Å². The third kappa shape index (κ3) is 4.31. The molecular weight excluding hydrogens is 352 g/mol. The normalized spacial score (nSPS) is 22.6. The van der Waals surface area contributed by atoms with Gasteiger partial charge < -0.3 is 14.9 Å². The van der Waals surface area contributed by atoms with Crippen molar-refractivity contribution in [1.82, 2.24) is 9.88 Å². The van der Waals surface area contributed by atoms with Crippen LogP contribution < -0.4 is 4.74 Å². The van der Waals surface area contributed by atoms with Crippen molar-refractivity contribution in [2.45, 2.75) is 63.6 Å². The number of nitrogens with zero attached hydrogens (tertiary/aromatic N) is 2. The van der Waals surface area contributed by atoms with Crippen molar-refractivity contribution in [3.05, 3.63) is 53.9 Å². The van der Waals surface area contributed by atoms with Crippen molar-refractivity contribution < 1.29 is 14.9 Å². The molecule has 1 aliphatic heterocycles. The first-order valence-corrected chi connectivity index (χ1v) is 10.2. The SMILES string of the molecule is COc1cc(C(O)(CCCN2C(C)CCCC2C)c2ccccn2)ccc1O. The van der Waals surface area contributed by atoms with Crippen molar-refractivity contribution in [3.8, 4) is 11.5 Å². The first kappa shape index (κ1) is 20.6. The van der Waals surface area contributed by atoms with Gasteiger partial charge in [0.15, 0.2) is 11.5 Å². The minimum Gasteiger partial charge on any atom is -0.504 e. The van der Waals surface area contributed by atoms with Crippen LogP contribution in [0.25, 0.3) is 0 Å². The first-order valence-electron chi connectivity index (χ1n) is 10.2. The van der Waals surface area contributed by atoms with E-state index >= 15 is 0 Å². The molecular formula is C23H32N2O3. The fourth-order valence-corrected chi connectivity index (χ4v) is 4.40. The Morgan fingerprint density at radius 2 is 1.93 bits per heavy atom. The zero-order valence-corrected chi connectivity index (χ0v) is 17.1. The maximum atomic E-state index is 11.7. The number of benzene rings is 1. The van der Waals surface area contributed by atoms with Gasteiger partial charge in [-0.1, -0.05) is 18.6 Å². The molecule has 0 aliphatic carbocycles. The second-order valence-corrected chi connectivity index (χ2v) is 7.93. The second-order valence-electron chi connectivity index (χ2n) is 7.93. The Balaban J connectivity index is 1.83. The fraction of sp³-hybridized carbons (Fsp3) is 0.522. The van der Waals surface area contributed by atoms with E-state index < -0.39 is 5.60 Å². The third-order valence-electron chi connectivity index (χ3n) is 6.08. The Bertz CT molecular complexity index is 758. The molecule has 0 saturated carbocycles. The van der Waals surface area contributed by atoms with Gasteiger partial charge in [-0.3, -0.25) is 9.88 Å². The summed E-state index contributed by atoms with van der Waals surface area (Å²) in [6, 6.07) is 11.8. The Labute approximate surface area is 168 Å². The van der Waals surface area contributed by atoms with Gasteiger partial charge in [0.25, 0.3) is 0 Å². The quantitative estimate of drug-likeness (QED) is 0.753. The molecule has 28 heavy (non-hydrogen) atoms. The van der Waals surface area contributed by atoms with E-state index in [9.17, 15) is 10.2 Å². The van der Waals surface area contributed by atoms with Crippen LogP contribution >= 0.6 is 0 Å². The number of aromatic nitrogens is 1. The standard InChI is InChI=1S/C23H32N2O3/c1-17-8-6-9-18(2)25(17)15-7-13-23(27,22-10-4-5-14-24-22)19-11-12-20(26)21(16-19)28-3/h4-5,10-12,14,16-18,26-27H,6-9,13,15H2,1-3H3. The van der Waals surface area contributed by atoms with Crippen molar-refractivity contribution in [3.63, 3.8) is 0 Å². The molecule has 1 aromatic carbocycles. The first-order chi connectivity index (χ1) is 13.5. The summed E-state index contributed by atoms with van der Waals surface area (Å²) < 4.78 is 5.25. The Hall–Kier alpha value is -2.11. The summed E-state index contributed by atoms with van der Waals surface area (Å²) in [6.07, 6.45) is 6.88. The average Bonchev–Trinajstić information content (AvgIpc) is 2.71. The number of aromatic hydroxyl groups is 1. The molecule has 0 spiro atoms. The lowest BCUT2D eigenvalue weighted by Crippen LogP contribution is -2.44. The van der Waals surface area contributed by atoms with E-state index in [2.05, 4.69) is 23.7 Å². The molecule has 2 N–H and O–H groups in total. The minimum absolute atomic E-state index is 0.0607. The number of aliphatic hydroxyl groups is 1. The molecule has 3 rings (SSSR count). The van der Waals surface area contributed by atoms with Crippen molar-refractivity contribution in [1.29, 1.82) is 0 Å². The van der Waals surface area contributed by atoms with Gasteiger partial charge in [-0.15, -0.1) is 0 Å². The van der Waals surface area contributed by atoms with Crippen molar-refractivity contribution in [2.24, 2.45) is 0 Å². The van der Waals surface area contributed by atoms with Crippen LogP contribution in [0.4, 0.5) is 0 Å². The highest BCUT2D eigenvalue weighted by Crippen LogP contribution is 2.38. The lowest BCUT2D eigenvalue weighted by atomic mass is 9.85. The molecule has 152 valence electrons. The summed E-state index contributed by atoms with van der Waals surface area (Å²) in [5, 5.41) is 21.7. The van der Waals surface area contributed by atoms with Crippen LogP contribution in [0.5, 0.6) is 11.5 Å². The Morgan fingerprint density at radius 3 is 2.57 bits per heavy atom. The molecule has 1 aromatic heterocycles. The summed E-state index contributed by atoms with van der Waals surface area (Å²) in [5.41, 5.74) is 0.0629. The molecule has 5 nitrogen and oxygen atoms in total. The molecule has 5 heteroatoms. The van der Waals surface area contributed by atoms with Gasteiger partial charge in [0.1, 0.15) is 5.60 Å². The largest absolute Gasteiger partial charge is 0.504 e. The molecule has 1 fully saturated rings. The number of hydrogen-bond donors (Lipinski definition) is 2. The molecule has 0 radical (unpaired) electrons. The number of rotatable bonds is 7. The second kappa shape index (κ2) is 8.93. The van der Waals surface area contributed by atoms with Crippen LogP contribution in [0.1, 0.15) is 57.2 Å². The topological polar surface area (TPSA) is 65.8 Å². The Morgan fingerprint density at radius 1 is 1.18 bits per heavy atom. The highest BCUT2D eigenvalue weighted by Gasteiger charge is 2.34. The molecule has 3 unspecified atom stereocenters. The van der Waals surface area contributed by atoms with Gasteiger partial charge in [-0.25, -0.2) is 0 Å².